The van der Waals surface area contributed by atoms with E-state index in [1.165, 1.54) is 6.07 Å². The smallest absolute Gasteiger partial charge is 0.338 e. The number of allylic oxidation sites excluding steroid dienone is 1. The average molecular weight is 468 g/mol. The van der Waals surface area contributed by atoms with Crippen LogP contribution in [0.3, 0.4) is 0 Å². The van der Waals surface area contributed by atoms with Crippen molar-refractivity contribution in [3.63, 3.8) is 0 Å². The van der Waals surface area contributed by atoms with Gasteiger partial charge in [-0.3, -0.25) is 14.5 Å². The molecule has 8 nitrogen and oxygen atoms in total. The number of amides is 1. The van der Waals surface area contributed by atoms with E-state index < -0.39 is 35.4 Å². The largest absolute Gasteiger partial charge is 0.481 e. The summed E-state index contributed by atoms with van der Waals surface area (Å²) in [5.41, 5.74) is 6.52. The maximum absolute atomic E-state index is 12.8. The fourth-order valence-electron chi connectivity index (χ4n) is 3.31. The molecule has 1 aromatic carbocycles. The van der Waals surface area contributed by atoms with Crippen LogP contribution in [-0.4, -0.2) is 39.7 Å². The molecule has 11 heteroatoms. The Bertz CT molecular complexity index is 1060. The summed E-state index contributed by atoms with van der Waals surface area (Å²) in [7, 11) is 0. The predicted octanol–water partition coefficient (Wildman–Crippen LogP) is 2.98. The average Bonchev–Trinajstić information content (AvgIpc) is 2.98. The predicted molar refractivity (Wildman–Crippen MR) is 110 cm³/mol. The number of hydrogen-bond donors (Lipinski definition) is 2. The molecular formula is C19H15Cl2N3O5S. The second kappa shape index (κ2) is 8.60. The molecule has 2 aliphatic heterocycles. The van der Waals surface area contributed by atoms with Crippen molar-refractivity contribution in [3.05, 3.63) is 55.8 Å². The number of nitrogens with two attached hydrogens (primary N) is 1. The number of ether oxygens (including phenoxy) is 1. The zero-order chi connectivity index (χ0) is 22.2. The zero-order valence-electron chi connectivity index (χ0n) is 15.5. The van der Waals surface area contributed by atoms with Crippen molar-refractivity contribution in [2.75, 3.05) is 6.61 Å². The summed E-state index contributed by atoms with van der Waals surface area (Å²) < 4.78 is 5.12. The van der Waals surface area contributed by atoms with Gasteiger partial charge in [0, 0.05) is 10.0 Å². The van der Waals surface area contributed by atoms with Gasteiger partial charge in [0.25, 0.3) is 0 Å². The molecule has 2 aliphatic rings. The van der Waals surface area contributed by atoms with Crippen LogP contribution in [0, 0.1) is 11.3 Å². The van der Waals surface area contributed by atoms with Gasteiger partial charge in [0.15, 0.2) is 0 Å². The van der Waals surface area contributed by atoms with Gasteiger partial charge in [0.1, 0.15) is 11.1 Å². The van der Waals surface area contributed by atoms with E-state index in [1.807, 2.05) is 6.07 Å². The van der Waals surface area contributed by atoms with E-state index in [0.29, 0.717) is 10.6 Å². The first-order valence-electron chi connectivity index (χ1n) is 8.69. The molecule has 30 heavy (non-hydrogen) atoms. The van der Waals surface area contributed by atoms with Gasteiger partial charge in [-0.2, -0.15) is 5.26 Å². The highest BCUT2D eigenvalue weighted by Gasteiger charge is 2.48. The number of carbonyl (C=O) groups excluding carboxylic acids is 2. The number of nitriles is 1. The van der Waals surface area contributed by atoms with Crippen LogP contribution in [0.15, 0.2) is 40.2 Å². The van der Waals surface area contributed by atoms with Crippen molar-refractivity contribution in [2.45, 2.75) is 24.5 Å². The Kier molecular flexibility index (Phi) is 6.31. The number of rotatable bonds is 5. The van der Waals surface area contributed by atoms with Gasteiger partial charge in [0.2, 0.25) is 5.91 Å². The summed E-state index contributed by atoms with van der Waals surface area (Å²) in [6, 6.07) is 6.61. The van der Waals surface area contributed by atoms with Crippen LogP contribution in [0.25, 0.3) is 0 Å². The summed E-state index contributed by atoms with van der Waals surface area (Å²) in [5, 5.41) is 18.8. The number of thioether (sulfide) groups is 1. The molecule has 0 saturated carbocycles. The lowest BCUT2D eigenvalue weighted by atomic mass is 9.83. The first-order chi connectivity index (χ1) is 14.2. The molecule has 0 bridgehead atoms. The number of benzene rings is 1. The number of carbonyl (C=O) groups is 3. The summed E-state index contributed by atoms with van der Waals surface area (Å²) in [6.07, 6.45) is -0.462. The van der Waals surface area contributed by atoms with Gasteiger partial charge >= 0.3 is 11.9 Å². The van der Waals surface area contributed by atoms with E-state index >= 15 is 0 Å². The van der Waals surface area contributed by atoms with Crippen LogP contribution in [0.5, 0.6) is 0 Å². The first-order valence-corrected chi connectivity index (χ1v) is 10.3. The fourth-order valence-corrected chi connectivity index (χ4v) is 5.11. The van der Waals surface area contributed by atoms with Gasteiger partial charge in [0.05, 0.1) is 41.2 Å². The number of esters is 1. The Labute approximate surface area is 185 Å². The van der Waals surface area contributed by atoms with Crippen molar-refractivity contribution in [1.82, 2.24) is 4.90 Å². The quantitative estimate of drug-likeness (QED) is 0.630. The molecule has 1 saturated heterocycles. The summed E-state index contributed by atoms with van der Waals surface area (Å²) in [6.45, 7) is 1.65. The lowest BCUT2D eigenvalue weighted by Crippen LogP contribution is -2.39. The highest BCUT2D eigenvalue weighted by molar-refractivity contribution is 8.04. The normalized spacial score (nSPS) is 20.9. The Balaban J connectivity index is 2.25. The van der Waals surface area contributed by atoms with Crippen molar-refractivity contribution in [2.24, 2.45) is 5.73 Å². The minimum absolute atomic E-state index is 0.0411. The SMILES string of the molecule is CCOC(=O)C1=C(N)N2C(=O)C(CC(=O)O)SC2=C(C#N)C1c1ccc(Cl)cc1Cl. The number of carboxylic acids is 1. The van der Waals surface area contributed by atoms with Gasteiger partial charge in [-0.1, -0.05) is 41.0 Å². The van der Waals surface area contributed by atoms with Crippen molar-refractivity contribution in [3.8, 4) is 6.07 Å². The molecule has 2 unspecified atom stereocenters. The van der Waals surface area contributed by atoms with Crippen LogP contribution in [0.2, 0.25) is 10.0 Å². The number of halogens is 2. The summed E-state index contributed by atoms with van der Waals surface area (Å²) in [4.78, 5) is 37.8. The van der Waals surface area contributed by atoms with E-state index in [-0.39, 0.29) is 33.6 Å². The second-order valence-electron chi connectivity index (χ2n) is 6.33. The van der Waals surface area contributed by atoms with E-state index in [4.69, 9.17) is 38.8 Å². The standard InChI is InChI=1S/C19H15Cl2N3O5S/c1-2-29-19(28)15-14(9-4-3-8(20)5-11(9)21)10(7-22)18-24(16(15)23)17(27)12(30-18)6-13(25)26/h3-5,12,14H,2,6,23H2,1H3,(H,25,26). The third kappa shape index (κ3) is 3.74. The Morgan fingerprint density at radius 1 is 1.40 bits per heavy atom. The van der Waals surface area contributed by atoms with Gasteiger partial charge in [-0.15, -0.1) is 0 Å². The molecule has 1 amide bonds. The lowest BCUT2D eigenvalue weighted by Gasteiger charge is -2.32. The minimum Gasteiger partial charge on any atom is -0.481 e. The second-order valence-corrected chi connectivity index (χ2v) is 8.36. The van der Waals surface area contributed by atoms with Crippen LogP contribution in [0.4, 0.5) is 0 Å². The van der Waals surface area contributed by atoms with Gasteiger partial charge in [-0.25, -0.2) is 4.79 Å². The molecule has 0 spiro atoms. The zero-order valence-corrected chi connectivity index (χ0v) is 17.8. The summed E-state index contributed by atoms with van der Waals surface area (Å²) >= 11 is 13.2. The number of carboxylic acid groups (broad SMARTS) is 1. The first kappa shape index (κ1) is 22.0. The molecule has 0 radical (unpaired) electrons. The molecule has 2 atom stereocenters. The number of fused-ring (bicyclic) bond motifs is 1. The van der Waals surface area contributed by atoms with Crippen molar-refractivity contribution >= 4 is 52.8 Å². The highest BCUT2D eigenvalue weighted by Crippen LogP contribution is 2.51. The molecule has 3 rings (SSSR count). The number of aliphatic carboxylic acids is 1. The maximum atomic E-state index is 12.8. The molecule has 156 valence electrons. The Morgan fingerprint density at radius 2 is 2.10 bits per heavy atom. The van der Waals surface area contributed by atoms with Gasteiger partial charge in [-0.05, 0) is 24.6 Å². The topological polar surface area (TPSA) is 134 Å². The molecule has 0 aliphatic carbocycles. The van der Waals surface area contributed by atoms with Crippen LogP contribution in [0.1, 0.15) is 24.8 Å². The van der Waals surface area contributed by atoms with E-state index in [9.17, 15) is 19.6 Å². The highest BCUT2D eigenvalue weighted by atomic mass is 35.5. The molecule has 1 aromatic rings. The number of nitrogens with zero attached hydrogens (tertiary/aromatic N) is 2. The van der Waals surface area contributed by atoms with Crippen LogP contribution >= 0.6 is 35.0 Å². The molecule has 2 heterocycles. The molecule has 1 fully saturated rings. The minimum atomic E-state index is -1.18. The van der Waals surface area contributed by atoms with Crippen LogP contribution < -0.4 is 5.73 Å². The van der Waals surface area contributed by atoms with Crippen molar-refractivity contribution in [1.29, 1.82) is 5.26 Å². The van der Waals surface area contributed by atoms with E-state index in [2.05, 4.69) is 0 Å². The number of hydrogen-bond acceptors (Lipinski definition) is 7. The molecule has 3 N–H and O–H groups in total. The molecule has 0 aromatic heterocycles. The van der Waals surface area contributed by atoms with Gasteiger partial charge < -0.3 is 15.6 Å². The lowest BCUT2D eigenvalue weighted by molar-refractivity contribution is -0.140. The fraction of sp³-hybridized carbons (Fsp3) is 0.263. The Hall–Kier alpha value is -2.67. The monoisotopic (exact) mass is 467 g/mol. The van der Waals surface area contributed by atoms with E-state index in [1.54, 1.807) is 19.1 Å². The van der Waals surface area contributed by atoms with Crippen molar-refractivity contribution < 1.29 is 24.2 Å². The maximum Gasteiger partial charge on any atom is 0.338 e. The molecular weight excluding hydrogens is 453 g/mol. The Morgan fingerprint density at radius 3 is 2.67 bits per heavy atom. The third-order valence-corrected chi connectivity index (χ3v) is 6.37. The van der Waals surface area contributed by atoms with Crippen LogP contribution in [-0.2, 0) is 19.1 Å². The summed E-state index contributed by atoms with van der Waals surface area (Å²) in [5.74, 6) is -3.83. The van der Waals surface area contributed by atoms with E-state index in [0.717, 1.165) is 16.7 Å². The third-order valence-electron chi connectivity index (χ3n) is 4.53.